The minimum atomic E-state index is -3.37. The van der Waals surface area contributed by atoms with Crippen molar-refractivity contribution < 1.29 is 28.6 Å². The third-order valence-electron chi connectivity index (χ3n) is 2.30. The molecule has 0 aromatic rings. The van der Waals surface area contributed by atoms with E-state index in [1.807, 2.05) is 0 Å². The van der Waals surface area contributed by atoms with Crippen molar-refractivity contribution in [2.24, 2.45) is 17.8 Å². The van der Waals surface area contributed by atoms with Gasteiger partial charge in [-0.25, -0.2) is 8.78 Å². The zero-order chi connectivity index (χ0) is 10.4. The van der Waals surface area contributed by atoms with Crippen molar-refractivity contribution >= 4 is 11.9 Å². The first-order chi connectivity index (χ1) is 5.80. The maximum atomic E-state index is 12.7. The Morgan fingerprint density at radius 2 is 1.85 bits per heavy atom. The van der Waals surface area contributed by atoms with Crippen LogP contribution in [0.15, 0.2) is 0 Å². The largest absolute Gasteiger partial charge is 0.481 e. The fourth-order valence-electron chi connectivity index (χ4n) is 1.44. The Morgan fingerprint density at radius 1 is 1.38 bits per heavy atom. The van der Waals surface area contributed by atoms with Crippen LogP contribution >= 0.6 is 0 Å². The highest BCUT2D eigenvalue weighted by molar-refractivity contribution is 5.79. The molecule has 0 aliphatic heterocycles. The van der Waals surface area contributed by atoms with Crippen LogP contribution < -0.4 is 0 Å². The van der Waals surface area contributed by atoms with Crippen LogP contribution in [0, 0.1) is 17.8 Å². The summed E-state index contributed by atoms with van der Waals surface area (Å²) in [5.41, 5.74) is 0. The van der Waals surface area contributed by atoms with Crippen molar-refractivity contribution in [3.05, 3.63) is 0 Å². The van der Waals surface area contributed by atoms with Gasteiger partial charge in [0, 0.05) is 0 Å². The topological polar surface area (TPSA) is 74.6 Å². The number of hydrogen-bond donors (Lipinski definition) is 2. The van der Waals surface area contributed by atoms with Gasteiger partial charge >= 0.3 is 11.9 Å². The van der Waals surface area contributed by atoms with Gasteiger partial charge in [0.25, 0.3) is 5.92 Å². The molecule has 0 aromatic carbocycles. The van der Waals surface area contributed by atoms with Crippen molar-refractivity contribution in [2.75, 3.05) is 0 Å². The average Bonchev–Trinajstić information content (AvgIpc) is 2.51. The molecule has 0 unspecified atom stereocenters. The SMILES string of the molecule is C[C@@H](C(=O)O)[C@H]1[C@H](C(=O)O)C1(F)F. The predicted octanol–water partition coefficient (Wildman–Crippen LogP) is 0.673. The molecule has 1 rings (SSSR count). The van der Waals surface area contributed by atoms with Crippen LogP contribution in [0.5, 0.6) is 0 Å². The molecule has 0 aromatic heterocycles. The smallest absolute Gasteiger partial charge is 0.313 e. The number of carbonyl (C=O) groups is 2. The summed E-state index contributed by atoms with van der Waals surface area (Å²) in [7, 11) is 0. The van der Waals surface area contributed by atoms with E-state index in [0.29, 0.717) is 0 Å². The first-order valence-corrected chi connectivity index (χ1v) is 3.63. The number of carboxylic acid groups (broad SMARTS) is 2. The van der Waals surface area contributed by atoms with Gasteiger partial charge in [0.1, 0.15) is 5.92 Å². The van der Waals surface area contributed by atoms with Crippen LogP contribution in [0.2, 0.25) is 0 Å². The standard InChI is InChI=1S/C7H8F2O4/c1-2(5(10)11)3-4(6(12)13)7(3,8)9/h2-4H,1H3,(H,10,11)(H,12,13)/t2-,3+,4-/m1/s1. The Bertz CT molecular complexity index is 263. The van der Waals surface area contributed by atoms with E-state index >= 15 is 0 Å². The van der Waals surface area contributed by atoms with Gasteiger partial charge in [-0.15, -0.1) is 0 Å². The highest BCUT2D eigenvalue weighted by atomic mass is 19.3. The molecule has 2 N–H and O–H groups in total. The Hall–Kier alpha value is -1.20. The Kier molecular flexibility index (Phi) is 2.01. The second-order valence-corrected chi connectivity index (χ2v) is 3.14. The molecule has 0 spiro atoms. The summed E-state index contributed by atoms with van der Waals surface area (Å²) in [6.07, 6.45) is 0. The van der Waals surface area contributed by atoms with Crippen molar-refractivity contribution in [2.45, 2.75) is 12.8 Å². The molecule has 1 saturated carbocycles. The second-order valence-electron chi connectivity index (χ2n) is 3.14. The van der Waals surface area contributed by atoms with Crippen molar-refractivity contribution in [3.8, 4) is 0 Å². The summed E-state index contributed by atoms with van der Waals surface area (Å²) in [4.78, 5) is 20.6. The van der Waals surface area contributed by atoms with Gasteiger partial charge in [-0.2, -0.15) is 0 Å². The highest BCUT2D eigenvalue weighted by Crippen LogP contribution is 2.58. The molecule has 0 radical (unpaired) electrons. The van der Waals surface area contributed by atoms with Gasteiger partial charge in [0.15, 0.2) is 0 Å². The summed E-state index contributed by atoms with van der Waals surface area (Å²) < 4.78 is 25.4. The molecule has 0 heterocycles. The lowest BCUT2D eigenvalue weighted by atomic mass is 10.1. The van der Waals surface area contributed by atoms with E-state index in [1.54, 1.807) is 0 Å². The van der Waals surface area contributed by atoms with Gasteiger partial charge in [-0.3, -0.25) is 9.59 Å². The zero-order valence-corrected chi connectivity index (χ0v) is 6.70. The molecule has 0 saturated heterocycles. The Balaban J connectivity index is 2.76. The molecule has 74 valence electrons. The second kappa shape index (κ2) is 2.65. The molecule has 6 heteroatoms. The molecular formula is C7H8F2O4. The van der Waals surface area contributed by atoms with E-state index in [9.17, 15) is 18.4 Å². The van der Waals surface area contributed by atoms with Gasteiger partial charge in [-0.05, 0) is 0 Å². The van der Waals surface area contributed by atoms with Gasteiger partial charge < -0.3 is 10.2 Å². The zero-order valence-electron chi connectivity index (χ0n) is 6.70. The van der Waals surface area contributed by atoms with Gasteiger partial charge in [0.05, 0.1) is 11.8 Å². The van der Waals surface area contributed by atoms with E-state index < -0.39 is 35.6 Å². The molecular weight excluding hydrogens is 186 g/mol. The summed E-state index contributed by atoms with van der Waals surface area (Å²) >= 11 is 0. The summed E-state index contributed by atoms with van der Waals surface area (Å²) in [5, 5.41) is 16.7. The molecule has 1 aliphatic carbocycles. The lowest BCUT2D eigenvalue weighted by Crippen LogP contribution is -2.15. The fraction of sp³-hybridized carbons (Fsp3) is 0.714. The van der Waals surface area contributed by atoms with Crippen LogP contribution in [0.25, 0.3) is 0 Å². The minimum absolute atomic E-state index is 1.09. The van der Waals surface area contributed by atoms with Gasteiger partial charge in [-0.1, -0.05) is 6.92 Å². The van der Waals surface area contributed by atoms with Crippen molar-refractivity contribution in [1.29, 1.82) is 0 Å². The monoisotopic (exact) mass is 194 g/mol. The minimum Gasteiger partial charge on any atom is -0.481 e. The van der Waals surface area contributed by atoms with Crippen LogP contribution in [-0.2, 0) is 9.59 Å². The number of alkyl halides is 2. The summed E-state index contributed by atoms with van der Waals surface area (Å²) in [5.74, 6) is -11.1. The Morgan fingerprint density at radius 3 is 2.08 bits per heavy atom. The summed E-state index contributed by atoms with van der Waals surface area (Å²) in [6, 6.07) is 0. The molecule has 0 bridgehead atoms. The first-order valence-electron chi connectivity index (χ1n) is 3.63. The maximum Gasteiger partial charge on any atom is 0.313 e. The number of hydrogen-bond acceptors (Lipinski definition) is 2. The van der Waals surface area contributed by atoms with Crippen molar-refractivity contribution in [3.63, 3.8) is 0 Å². The highest BCUT2D eigenvalue weighted by Gasteiger charge is 2.74. The average molecular weight is 194 g/mol. The predicted molar refractivity (Wildman–Crippen MR) is 36.4 cm³/mol. The van der Waals surface area contributed by atoms with Crippen LogP contribution in [-0.4, -0.2) is 28.1 Å². The summed E-state index contributed by atoms with van der Waals surface area (Å²) in [6.45, 7) is 1.09. The number of aliphatic carboxylic acids is 2. The van der Waals surface area contributed by atoms with Crippen LogP contribution in [0.1, 0.15) is 6.92 Å². The third kappa shape index (κ3) is 1.36. The van der Waals surface area contributed by atoms with Crippen LogP contribution in [0.3, 0.4) is 0 Å². The van der Waals surface area contributed by atoms with E-state index in [4.69, 9.17) is 10.2 Å². The van der Waals surface area contributed by atoms with Crippen molar-refractivity contribution in [1.82, 2.24) is 0 Å². The normalized spacial score (nSPS) is 32.2. The first kappa shape index (κ1) is 9.88. The Labute approximate surface area is 72.2 Å². The molecule has 1 fully saturated rings. The third-order valence-corrected chi connectivity index (χ3v) is 2.30. The van der Waals surface area contributed by atoms with E-state index in [-0.39, 0.29) is 0 Å². The van der Waals surface area contributed by atoms with Crippen LogP contribution in [0.4, 0.5) is 8.78 Å². The quantitative estimate of drug-likeness (QED) is 0.692. The molecule has 3 atom stereocenters. The van der Waals surface area contributed by atoms with E-state index in [2.05, 4.69) is 0 Å². The number of carboxylic acids is 2. The number of halogens is 2. The van der Waals surface area contributed by atoms with E-state index in [0.717, 1.165) is 6.92 Å². The fourth-order valence-corrected chi connectivity index (χ4v) is 1.44. The number of rotatable bonds is 3. The lowest BCUT2D eigenvalue weighted by molar-refractivity contribution is -0.142. The van der Waals surface area contributed by atoms with Gasteiger partial charge in [0.2, 0.25) is 0 Å². The molecule has 13 heavy (non-hydrogen) atoms. The van der Waals surface area contributed by atoms with E-state index in [1.165, 1.54) is 0 Å². The lowest BCUT2D eigenvalue weighted by Gasteiger charge is -2.01. The maximum absolute atomic E-state index is 12.7. The molecule has 0 amide bonds. The molecule has 1 aliphatic rings. The molecule has 4 nitrogen and oxygen atoms in total.